The van der Waals surface area contributed by atoms with Crippen molar-refractivity contribution in [1.29, 1.82) is 0 Å². The van der Waals surface area contributed by atoms with Crippen LogP contribution in [0.3, 0.4) is 0 Å². The van der Waals surface area contributed by atoms with Gasteiger partial charge >= 0.3 is 12.2 Å². The zero-order valence-electron chi connectivity index (χ0n) is 18.0. The molecule has 1 aromatic carbocycles. The fourth-order valence-electron chi connectivity index (χ4n) is 2.49. The molecule has 0 unspecified atom stereocenters. The summed E-state index contributed by atoms with van der Waals surface area (Å²) in [4.78, 5) is 39.1. The minimum absolute atomic E-state index is 0.178. The molecule has 1 aromatic heterocycles. The van der Waals surface area contributed by atoms with Gasteiger partial charge < -0.3 is 19.9 Å². The van der Waals surface area contributed by atoms with Gasteiger partial charge in [0.05, 0.1) is 11.4 Å². The van der Waals surface area contributed by atoms with Gasteiger partial charge in [-0.25, -0.2) is 20.0 Å². The van der Waals surface area contributed by atoms with Gasteiger partial charge in [0.2, 0.25) is 5.91 Å². The second-order valence-corrected chi connectivity index (χ2v) is 8.35. The van der Waals surface area contributed by atoms with Crippen molar-refractivity contribution in [1.82, 2.24) is 10.4 Å². The Balaban J connectivity index is 2.13. The first kappa shape index (κ1) is 23.9. The molecule has 0 fully saturated rings. The highest BCUT2D eigenvalue weighted by atomic mass is 32.1. The number of hydrazine groups is 1. The van der Waals surface area contributed by atoms with Crippen LogP contribution in [0.25, 0.3) is 0 Å². The van der Waals surface area contributed by atoms with Crippen LogP contribution in [-0.4, -0.2) is 33.8 Å². The van der Waals surface area contributed by atoms with E-state index in [4.69, 9.17) is 9.47 Å². The van der Waals surface area contributed by atoms with Crippen LogP contribution in [-0.2, 0) is 22.6 Å². The molecule has 31 heavy (non-hydrogen) atoms. The van der Waals surface area contributed by atoms with Crippen molar-refractivity contribution in [2.75, 3.05) is 10.3 Å². The van der Waals surface area contributed by atoms with Gasteiger partial charge in [0, 0.05) is 12.3 Å². The van der Waals surface area contributed by atoms with E-state index in [2.05, 4.69) is 15.7 Å². The molecule has 0 saturated carbocycles. The van der Waals surface area contributed by atoms with Crippen LogP contribution in [0.4, 0.5) is 20.4 Å². The highest BCUT2D eigenvalue weighted by Gasteiger charge is 2.24. The van der Waals surface area contributed by atoms with Gasteiger partial charge in [-0.3, -0.25) is 4.79 Å². The zero-order chi connectivity index (χ0) is 23.2. The first-order valence-corrected chi connectivity index (χ1v) is 10.4. The van der Waals surface area contributed by atoms with Crippen LogP contribution >= 0.6 is 11.3 Å². The van der Waals surface area contributed by atoms with E-state index in [0.29, 0.717) is 28.6 Å². The van der Waals surface area contributed by atoms with Gasteiger partial charge in [-0.2, -0.15) is 5.01 Å². The van der Waals surface area contributed by atoms with Crippen molar-refractivity contribution < 1.29 is 29.0 Å². The quantitative estimate of drug-likeness (QED) is 0.563. The third kappa shape index (κ3) is 7.45. The number of nitrogens with zero attached hydrogens (tertiary/aromatic N) is 2. The molecule has 0 aliphatic rings. The van der Waals surface area contributed by atoms with E-state index in [1.54, 1.807) is 44.4 Å². The summed E-state index contributed by atoms with van der Waals surface area (Å²) in [6, 6.07) is 4.84. The molecule has 0 aliphatic carbocycles. The molecule has 2 aromatic rings. The number of carboxylic acid groups (broad SMARTS) is 1. The summed E-state index contributed by atoms with van der Waals surface area (Å²) in [5.74, 6) is 0.310. The summed E-state index contributed by atoms with van der Waals surface area (Å²) in [6.45, 7) is 8.49. The Labute approximate surface area is 184 Å². The first-order chi connectivity index (χ1) is 14.5. The van der Waals surface area contributed by atoms with Gasteiger partial charge in [-0.1, -0.05) is 6.92 Å². The second kappa shape index (κ2) is 10.1. The number of carbonyl (C=O) groups is 3. The summed E-state index contributed by atoms with van der Waals surface area (Å²) >= 11 is 1.29. The van der Waals surface area contributed by atoms with Crippen molar-refractivity contribution >= 4 is 40.2 Å². The van der Waals surface area contributed by atoms with Crippen molar-refractivity contribution in [3.63, 3.8) is 0 Å². The van der Waals surface area contributed by atoms with Crippen LogP contribution < -0.4 is 20.5 Å². The number of thiazole rings is 1. The molecule has 1 heterocycles. The number of ether oxygens (including phenoxy) is 2. The van der Waals surface area contributed by atoms with Crippen molar-refractivity contribution in [2.24, 2.45) is 0 Å². The molecule has 2 rings (SSSR count). The molecule has 0 bridgehead atoms. The van der Waals surface area contributed by atoms with Crippen molar-refractivity contribution in [2.45, 2.75) is 53.2 Å². The smallest absolute Gasteiger partial charge is 0.431 e. The summed E-state index contributed by atoms with van der Waals surface area (Å²) in [5, 5.41) is 15.2. The summed E-state index contributed by atoms with van der Waals surface area (Å²) in [7, 11) is 0. The average molecular weight is 451 g/mol. The lowest BCUT2D eigenvalue weighted by molar-refractivity contribution is -0.114. The maximum absolute atomic E-state index is 12.0. The minimum atomic E-state index is -1.36. The molecule has 10 nitrogen and oxygen atoms in total. The van der Waals surface area contributed by atoms with Crippen LogP contribution in [0.2, 0.25) is 0 Å². The SMILES string of the molecule is CCc1cc(OCc2csc(NC(C)=O)n2)ccc1N(NC(=O)OC(C)(C)C)C(=O)O. The fourth-order valence-corrected chi connectivity index (χ4v) is 3.24. The maximum atomic E-state index is 12.0. The van der Waals surface area contributed by atoms with E-state index in [-0.39, 0.29) is 18.2 Å². The van der Waals surface area contributed by atoms with E-state index >= 15 is 0 Å². The standard InChI is InChI=1S/C20H26N4O6S/c1-6-13-9-15(29-10-14-11-31-17(22-14)21-12(2)25)7-8-16(13)24(19(27)28)23-18(26)30-20(3,4)5/h7-9,11H,6,10H2,1-5H3,(H,23,26)(H,27,28)(H,21,22,25). The normalized spacial score (nSPS) is 10.9. The Bertz CT molecular complexity index is 953. The number of anilines is 2. The number of aromatic nitrogens is 1. The van der Waals surface area contributed by atoms with Crippen molar-refractivity contribution in [3.8, 4) is 5.75 Å². The van der Waals surface area contributed by atoms with E-state index in [9.17, 15) is 19.5 Å². The fraction of sp³-hybridized carbons (Fsp3) is 0.400. The number of aryl methyl sites for hydroxylation is 1. The molecule has 11 heteroatoms. The number of rotatable bonds is 6. The Morgan fingerprint density at radius 1 is 1.26 bits per heavy atom. The van der Waals surface area contributed by atoms with Gasteiger partial charge in [0.1, 0.15) is 18.0 Å². The molecule has 0 spiro atoms. The number of hydrogen-bond donors (Lipinski definition) is 3. The lowest BCUT2D eigenvalue weighted by Crippen LogP contribution is -2.48. The molecular weight excluding hydrogens is 424 g/mol. The lowest BCUT2D eigenvalue weighted by atomic mass is 10.1. The molecule has 0 atom stereocenters. The van der Waals surface area contributed by atoms with Gasteiger partial charge in [0.15, 0.2) is 5.13 Å². The van der Waals surface area contributed by atoms with Gasteiger partial charge in [-0.15, -0.1) is 11.3 Å². The molecular formula is C20H26N4O6S. The van der Waals surface area contributed by atoms with E-state index in [1.165, 1.54) is 18.3 Å². The van der Waals surface area contributed by atoms with Crippen LogP contribution in [0, 0.1) is 0 Å². The van der Waals surface area contributed by atoms with Crippen molar-refractivity contribution in [3.05, 3.63) is 34.8 Å². The zero-order valence-corrected chi connectivity index (χ0v) is 18.8. The van der Waals surface area contributed by atoms with E-state index in [0.717, 1.165) is 5.01 Å². The third-order valence-electron chi connectivity index (χ3n) is 3.69. The number of amides is 3. The molecule has 3 amide bonds. The molecule has 3 N–H and O–H groups in total. The summed E-state index contributed by atoms with van der Waals surface area (Å²) < 4.78 is 10.9. The number of nitrogens with one attached hydrogen (secondary N) is 2. The lowest BCUT2D eigenvalue weighted by Gasteiger charge is -2.25. The predicted molar refractivity (Wildman–Crippen MR) is 116 cm³/mol. The van der Waals surface area contributed by atoms with Gasteiger partial charge in [0.25, 0.3) is 0 Å². The number of hydrogen-bond acceptors (Lipinski definition) is 7. The Kier molecular flexibility index (Phi) is 7.81. The molecule has 0 saturated heterocycles. The van der Waals surface area contributed by atoms with E-state index < -0.39 is 17.8 Å². The average Bonchev–Trinajstić information content (AvgIpc) is 3.09. The Morgan fingerprint density at radius 3 is 2.55 bits per heavy atom. The highest BCUT2D eigenvalue weighted by molar-refractivity contribution is 7.13. The second-order valence-electron chi connectivity index (χ2n) is 7.49. The Morgan fingerprint density at radius 2 is 1.97 bits per heavy atom. The first-order valence-electron chi connectivity index (χ1n) is 9.49. The Hall–Kier alpha value is -3.34. The molecule has 168 valence electrons. The topological polar surface area (TPSA) is 130 Å². The third-order valence-corrected chi connectivity index (χ3v) is 4.49. The largest absolute Gasteiger partial charge is 0.487 e. The number of carbonyl (C=O) groups excluding carboxylic acids is 2. The minimum Gasteiger partial charge on any atom is -0.487 e. The number of benzene rings is 1. The van der Waals surface area contributed by atoms with Crippen LogP contribution in [0.5, 0.6) is 5.75 Å². The maximum Gasteiger partial charge on any atom is 0.431 e. The van der Waals surface area contributed by atoms with E-state index in [1.807, 2.05) is 6.92 Å². The summed E-state index contributed by atoms with van der Waals surface area (Å²) in [5.41, 5.74) is 3.06. The highest BCUT2D eigenvalue weighted by Crippen LogP contribution is 2.27. The molecule has 0 aliphatic heterocycles. The monoisotopic (exact) mass is 450 g/mol. The van der Waals surface area contributed by atoms with Crippen LogP contribution in [0.1, 0.15) is 45.9 Å². The molecule has 0 radical (unpaired) electrons. The summed E-state index contributed by atoms with van der Waals surface area (Å²) in [6.07, 6.45) is -1.74. The van der Waals surface area contributed by atoms with Crippen LogP contribution in [0.15, 0.2) is 23.6 Å². The van der Waals surface area contributed by atoms with Gasteiger partial charge in [-0.05, 0) is 51.0 Å². The predicted octanol–water partition coefficient (Wildman–Crippen LogP) is 4.17.